The summed E-state index contributed by atoms with van der Waals surface area (Å²) in [7, 11) is 1.47. The number of benzene rings is 1. The normalized spacial score (nSPS) is 11.1. The van der Waals surface area contributed by atoms with Crippen molar-refractivity contribution in [2.24, 2.45) is 0 Å². The van der Waals surface area contributed by atoms with Gasteiger partial charge in [0.15, 0.2) is 11.2 Å². The van der Waals surface area contributed by atoms with Gasteiger partial charge in [-0.15, -0.1) is 0 Å². The molecule has 3 rings (SSSR count). The van der Waals surface area contributed by atoms with Crippen LogP contribution in [0.15, 0.2) is 34.1 Å². The number of unbranched alkanes of at least 4 members (excludes halogenated alkanes) is 2. The Morgan fingerprint density at radius 2 is 1.84 bits per heavy atom. The van der Waals surface area contributed by atoms with E-state index < -0.39 is 23.7 Å². The molecule has 0 aliphatic heterocycles. The molecule has 10 heteroatoms. The van der Waals surface area contributed by atoms with Crippen LogP contribution in [0.1, 0.15) is 39.5 Å². The number of carbonyl (C=O) groups excluding carboxylic acids is 1. The fraction of sp³-hybridized carbons (Fsp3) is 0.455. The van der Waals surface area contributed by atoms with Crippen LogP contribution in [-0.2, 0) is 24.4 Å². The number of amides is 1. The molecule has 172 valence electrons. The highest BCUT2D eigenvalue weighted by atomic mass is 35.5. The van der Waals surface area contributed by atoms with E-state index in [0.29, 0.717) is 40.7 Å². The van der Waals surface area contributed by atoms with Crippen LogP contribution >= 0.6 is 11.6 Å². The third kappa shape index (κ3) is 4.88. The number of aryl methyl sites for hydroxylation is 2. The van der Waals surface area contributed by atoms with Gasteiger partial charge in [-0.3, -0.25) is 14.2 Å². The zero-order valence-corrected chi connectivity index (χ0v) is 19.3. The Hall–Kier alpha value is -3.07. The SMILES string of the molecule is CCCCn1cnc2c1c(=O)n(CC(=O)Nc1cc(Cl)ccc1OC)c(=O)n2CCCC. The smallest absolute Gasteiger partial charge is 0.333 e. The predicted octanol–water partition coefficient (Wildman–Crippen LogP) is 3.26. The van der Waals surface area contributed by atoms with Crippen LogP contribution in [0.5, 0.6) is 5.75 Å². The maximum absolute atomic E-state index is 13.2. The third-order valence-electron chi connectivity index (χ3n) is 5.21. The van der Waals surface area contributed by atoms with Gasteiger partial charge in [0, 0.05) is 18.1 Å². The van der Waals surface area contributed by atoms with Gasteiger partial charge in [-0.05, 0) is 31.0 Å². The molecule has 0 spiro atoms. The molecule has 2 heterocycles. The van der Waals surface area contributed by atoms with E-state index in [2.05, 4.69) is 17.2 Å². The number of ether oxygens (including phenoxy) is 1. The van der Waals surface area contributed by atoms with Gasteiger partial charge in [0.2, 0.25) is 5.91 Å². The molecule has 1 amide bonds. The van der Waals surface area contributed by atoms with Gasteiger partial charge in [-0.25, -0.2) is 14.3 Å². The molecule has 0 unspecified atom stereocenters. The Morgan fingerprint density at radius 3 is 2.53 bits per heavy atom. The van der Waals surface area contributed by atoms with E-state index in [9.17, 15) is 14.4 Å². The Bertz CT molecular complexity index is 1230. The van der Waals surface area contributed by atoms with Crippen molar-refractivity contribution in [2.75, 3.05) is 12.4 Å². The van der Waals surface area contributed by atoms with Crippen molar-refractivity contribution in [1.82, 2.24) is 18.7 Å². The molecular weight excluding hydrogens is 434 g/mol. The van der Waals surface area contributed by atoms with Crippen molar-refractivity contribution in [1.29, 1.82) is 0 Å². The summed E-state index contributed by atoms with van der Waals surface area (Å²) in [6.07, 6.45) is 5.03. The first-order chi connectivity index (χ1) is 15.4. The van der Waals surface area contributed by atoms with Crippen molar-refractivity contribution in [3.63, 3.8) is 0 Å². The van der Waals surface area contributed by atoms with Crippen LogP contribution in [-0.4, -0.2) is 31.7 Å². The average Bonchev–Trinajstić information content (AvgIpc) is 3.19. The maximum Gasteiger partial charge on any atom is 0.333 e. The molecule has 1 aromatic carbocycles. The van der Waals surface area contributed by atoms with Crippen LogP contribution in [0.25, 0.3) is 11.2 Å². The molecule has 0 saturated heterocycles. The summed E-state index contributed by atoms with van der Waals surface area (Å²) < 4.78 is 9.45. The summed E-state index contributed by atoms with van der Waals surface area (Å²) in [6.45, 7) is 4.67. The van der Waals surface area contributed by atoms with E-state index in [-0.39, 0.29) is 0 Å². The van der Waals surface area contributed by atoms with Crippen LogP contribution in [0.3, 0.4) is 0 Å². The molecular formula is C22H28ClN5O4. The predicted molar refractivity (Wildman–Crippen MR) is 125 cm³/mol. The topological polar surface area (TPSA) is 100 Å². The summed E-state index contributed by atoms with van der Waals surface area (Å²) in [5, 5.41) is 3.10. The highest BCUT2D eigenvalue weighted by molar-refractivity contribution is 6.31. The number of methoxy groups -OCH3 is 1. The molecule has 2 aromatic heterocycles. The summed E-state index contributed by atoms with van der Waals surface area (Å²) in [4.78, 5) is 43.5. The molecule has 32 heavy (non-hydrogen) atoms. The lowest BCUT2D eigenvalue weighted by atomic mass is 10.3. The quantitative estimate of drug-likeness (QED) is 0.499. The van der Waals surface area contributed by atoms with E-state index in [1.807, 2.05) is 6.92 Å². The van der Waals surface area contributed by atoms with Gasteiger partial charge in [-0.2, -0.15) is 0 Å². The average molecular weight is 462 g/mol. The molecule has 1 N–H and O–H groups in total. The fourth-order valence-electron chi connectivity index (χ4n) is 3.51. The first kappa shape index (κ1) is 23.6. The number of anilines is 1. The standard InChI is InChI=1S/C22H28ClN5O4/c1-4-6-10-26-14-24-20-19(26)21(30)28(22(31)27(20)11-7-5-2)13-18(29)25-16-12-15(23)8-9-17(16)32-3/h8-9,12,14H,4-7,10-11,13H2,1-3H3,(H,25,29). The second kappa shape index (κ2) is 10.5. The molecule has 0 aliphatic rings. The minimum atomic E-state index is -0.551. The molecule has 0 bridgehead atoms. The van der Waals surface area contributed by atoms with E-state index in [1.165, 1.54) is 11.7 Å². The number of nitrogens with one attached hydrogen (secondary N) is 1. The molecule has 0 aliphatic carbocycles. The van der Waals surface area contributed by atoms with Crippen molar-refractivity contribution in [3.05, 3.63) is 50.4 Å². The first-order valence-electron chi connectivity index (χ1n) is 10.7. The van der Waals surface area contributed by atoms with Crippen LogP contribution in [0.2, 0.25) is 5.02 Å². The third-order valence-corrected chi connectivity index (χ3v) is 5.44. The van der Waals surface area contributed by atoms with E-state index >= 15 is 0 Å². The molecule has 9 nitrogen and oxygen atoms in total. The highest BCUT2D eigenvalue weighted by Gasteiger charge is 2.20. The van der Waals surface area contributed by atoms with Gasteiger partial charge < -0.3 is 14.6 Å². The highest BCUT2D eigenvalue weighted by Crippen LogP contribution is 2.27. The van der Waals surface area contributed by atoms with Gasteiger partial charge in [0.05, 0.1) is 19.1 Å². The van der Waals surface area contributed by atoms with Crippen LogP contribution < -0.4 is 21.3 Å². The largest absolute Gasteiger partial charge is 0.495 e. The van der Waals surface area contributed by atoms with Crippen molar-refractivity contribution < 1.29 is 9.53 Å². The van der Waals surface area contributed by atoms with Gasteiger partial charge >= 0.3 is 5.69 Å². The van der Waals surface area contributed by atoms with Crippen LogP contribution in [0.4, 0.5) is 5.69 Å². The van der Waals surface area contributed by atoms with Gasteiger partial charge in [0.25, 0.3) is 5.56 Å². The van der Waals surface area contributed by atoms with Gasteiger partial charge in [-0.1, -0.05) is 38.3 Å². The summed E-state index contributed by atoms with van der Waals surface area (Å²) in [5.74, 6) is -0.116. The number of rotatable bonds is 10. The number of nitrogens with zero attached hydrogens (tertiary/aromatic N) is 4. The van der Waals surface area contributed by atoms with E-state index in [1.54, 1.807) is 29.1 Å². The van der Waals surface area contributed by atoms with Gasteiger partial charge in [0.1, 0.15) is 12.3 Å². The Labute approximate surface area is 190 Å². The fourth-order valence-corrected chi connectivity index (χ4v) is 3.68. The number of fused-ring (bicyclic) bond motifs is 1. The Morgan fingerprint density at radius 1 is 1.12 bits per heavy atom. The monoisotopic (exact) mass is 461 g/mol. The number of hydrogen-bond donors (Lipinski definition) is 1. The summed E-state index contributed by atoms with van der Waals surface area (Å²) in [6, 6.07) is 4.81. The van der Waals surface area contributed by atoms with Crippen molar-refractivity contribution >= 4 is 34.4 Å². The first-order valence-corrected chi connectivity index (χ1v) is 11.1. The van der Waals surface area contributed by atoms with Crippen LogP contribution in [0, 0.1) is 0 Å². The minimum absolute atomic E-state index is 0.335. The second-order valence-corrected chi connectivity index (χ2v) is 7.97. The molecule has 0 radical (unpaired) electrons. The Balaban J connectivity index is 2.03. The van der Waals surface area contributed by atoms with E-state index in [4.69, 9.17) is 16.3 Å². The second-order valence-electron chi connectivity index (χ2n) is 7.54. The van der Waals surface area contributed by atoms with Crippen molar-refractivity contribution in [3.8, 4) is 5.75 Å². The van der Waals surface area contributed by atoms with E-state index in [0.717, 1.165) is 30.3 Å². The lowest BCUT2D eigenvalue weighted by Gasteiger charge is -2.14. The minimum Gasteiger partial charge on any atom is -0.495 e. The maximum atomic E-state index is 13.2. The molecule has 0 fully saturated rings. The molecule has 0 saturated carbocycles. The zero-order valence-electron chi connectivity index (χ0n) is 18.6. The summed E-state index contributed by atoms with van der Waals surface area (Å²) >= 11 is 6.02. The van der Waals surface area contributed by atoms with Crippen molar-refractivity contribution in [2.45, 2.75) is 59.2 Å². The molecule has 3 aromatic rings. The summed E-state index contributed by atoms with van der Waals surface area (Å²) in [5.41, 5.74) is -0.0251. The lowest BCUT2D eigenvalue weighted by molar-refractivity contribution is -0.116. The number of imidazole rings is 1. The number of halogens is 1. The lowest BCUT2D eigenvalue weighted by Crippen LogP contribution is -2.43. The molecule has 0 atom stereocenters. The number of hydrogen-bond acceptors (Lipinski definition) is 5. The number of carbonyl (C=O) groups is 1. The Kier molecular flexibility index (Phi) is 7.74. The zero-order chi connectivity index (χ0) is 23.3. The number of aromatic nitrogens is 4.